The summed E-state index contributed by atoms with van der Waals surface area (Å²) in [4.78, 5) is 0.0295. The summed E-state index contributed by atoms with van der Waals surface area (Å²) in [7, 11) is -3.46. The number of allylic oxidation sites excluding steroid dienone is 1. The van der Waals surface area contributed by atoms with Crippen LogP contribution in [0.2, 0.25) is 0 Å². The monoisotopic (exact) mass is 428 g/mol. The van der Waals surface area contributed by atoms with E-state index in [4.69, 9.17) is 9.47 Å². The van der Waals surface area contributed by atoms with E-state index in [0.29, 0.717) is 6.07 Å². The summed E-state index contributed by atoms with van der Waals surface area (Å²) in [6, 6.07) is 7.99. The summed E-state index contributed by atoms with van der Waals surface area (Å²) in [6.45, 7) is 1.41. The van der Waals surface area contributed by atoms with E-state index in [1.54, 1.807) is 0 Å². The summed E-state index contributed by atoms with van der Waals surface area (Å²) >= 11 is 0. The van der Waals surface area contributed by atoms with Crippen LogP contribution in [0.25, 0.3) is 5.76 Å². The highest BCUT2D eigenvalue weighted by Crippen LogP contribution is 2.35. The van der Waals surface area contributed by atoms with Crippen molar-refractivity contribution in [3.05, 3.63) is 77.1 Å². The maximum atomic E-state index is 14.0. The van der Waals surface area contributed by atoms with Crippen LogP contribution < -0.4 is 4.74 Å². The molecule has 2 aromatic rings. The number of hydrogen-bond donors (Lipinski definition) is 0. The van der Waals surface area contributed by atoms with Crippen LogP contribution in [0.3, 0.4) is 0 Å². The van der Waals surface area contributed by atoms with E-state index in [1.807, 2.05) is 0 Å². The van der Waals surface area contributed by atoms with E-state index in [1.165, 1.54) is 37.3 Å². The molecule has 0 N–H and O–H groups in total. The molecule has 0 aliphatic carbocycles. The zero-order chi connectivity index (χ0) is 21.3. The van der Waals surface area contributed by atoms with Gasteiger partial charge in [-0.2, -0.15) is 0 Å². The lowest BCUT2D eigenvalue weighted by atomic mass is 10.0. The van der Waals surface area contributed by atoms with Crippen LogP contribution in [0.5, 0.6) is 5.75 Å². The van der Waals surface area contributed by atoms with Crippen LogP contribution in [0.15, 0.2) is 64.8 Å². The lowest BCUT2D eigenvalue weighted by Gasteiger charge is -2.27. The van der Waals surface area contributed by atoms with Gasteiger partial charge >= 0.3 is 0 Å². The van der Waals surface area contributed by atoms with Crippen molar-refractivity contribution < 1.29 is 35.5 Å². The minimum atomic E-state index is -3.46. The Balaban J connectivity index is 2.08. The van der Waals surface area contributed by atoms with Crippen LogP contribution in [0, 0.1) is 11.6 Å². The van der Waals surface area contributed by atoms with Crippen molar-refractivity contribution in [2.45, 2.75) is 24.3 Å². The molecule has 1 aliphatic rings. The summed E-state index contributed by atoms with van der Waals surface area (Å²) in [6.07, 6.45) is -2.07. The average molecular weight is 428 g/mol. The van der Waals surface area contributed by atoms with Crippen LogP contribution in [-0.4, -0.2) is 27.2 Å². The molecule has 1 atom stereocenters. The highest BCUT2D eigenvalue weighted by Gasteiger charge is 2.31. The Kier molecular flexibility index (Phi) is 5.70. The highest BCUT2D eigenvalue weighted by atomic mass is 32.2. The van der Waals surface area contributed by atoms with Gasteiger partial charge < -0.3 is 9.47 Å². The van der Waals surface area contributed by atoms with Gasteiger partial charge in [0, 0.05) is 17.9 Å². The summed E-state index contributed by atoms with van der Waals surface area (Å²) < 4.78 is 87.9. The molecular formula is C20H16F4O4S. The molecule has 0 amide bonds. The van der Waals surface area contributed by atoms with Crippen LogP contribution in [-0.2, 0) is 14.6 Å². The first-order valence-corrected chi connectivity index (χ1v) is 10.3. The summed E-state index contributed by atoms with van der Waals surface area (Å²) in [5.41, 5.74) is 0.401. The predicted molar refractivity (Wildman–Crippen MR) is 98.1 cm³/mol. The number of sulfone groups is 1. The van der Waals surface area contributed by atoms with E-state index in [2.05, 4.69) is 0 Å². The van der Waals surface area contributed by atoms with Crippen LogP contribution in [0.1, 0.15) is 12.5 Å². The molecule has 0 saturated carbocycles. The van der Waals surface area contributed by atoms with E-state index < -0.39 is 34.0 Å². The Morgan fingerprint density at radius 3 is 2.28 bits per heavy atom. The van der Waals surface area contributed by atoms with E-state index in [-0.39, 0.29) is 33.3 Å². The molecule has 0 saturated heterocycles. The first-order valence-electron chi connectivity index (χ1n) is 8.37. The topological polar surface area (TPSA) is 52.6 Å². The van der Waals surface area contributed by atoms with Crippen molar-refractivity contribution in [2.24, 2.45) is 0 Å². The Labute approximate surface area is 165 Å². The van der Waals surface area contributed by atoms with Crippen molar-refractivity contribution in [1.82, 2.24) is 0 Å². The van der Waals surface area contributed by atoms with Gasteiger partial charge in [-0.1, -0.05) is 0 Å². The molecule has 0 spiro atoms. The van der Waals surface area contributed by atoms with Gasteiger partial charge in [0.1, 0.15) is 5.82 Å². The summed E-state index contributed by atoms with van der Waals surface area (Å²) in [5.74, 6) is -2.30. The van der Waals surface area contributed by atoms with Gasteiger partial charge in [0.2, 0.25) is 0 Å². The molecule has 0 aromatic heterocycles. The molecule has 154 valence electrons. The lowest BCUT2D eigenvalue weighted by molar-refractivity contribution is 0.0131. The van der Waals surface area contributed by atoms with Gasteiger partial charge in [-0.25, -0.2) is 26.0 Å². The number of ether oxygens (including phenoxy) is 2. The second-order valence-corrected chi connectivity index (χ2v) is 8.44. The van der Waals surface area contributed by atoms with Gasteiger partial charge in [-0.3, -0.25) is 0 Å². The molecule has 3 rings (SSSR count). The quantitative estimate of drug-likeness (QED) is 0.647. The average Bonchev–Trinajstić information content (AvgIpc) is 2.63. The number of benzene rings is 2. The molecule has 0 fully saturated rings. The highest BCUT2D eigenvalue weighted by molar-refractivity contribution is 7.90. The van der Waals surface area contributed by atoms with Crippen molar-refractivity contribution in [1.29, 1.82) is 0 Å². The van der Waals surface area contributed by atoms with E-state index in [9.17, 15) is 26.0 Å². The maximum absolute atomic E-state index is 14.0. The number of hydrogen-bond acceptors (Lipinski definition) is 4. The van der Waals surface area contributed by atoms with Crippen molar-refractivity contribution in [2.75, 3.05) is 6.26 Å². The van der Waals surface area contributed by atoms with Gasteiger partial charge in [-0.05, 0) is 55.0 Å². The Morgan fingerprint density at radius 2 is 1.72 bits per heavy atom. The second kappa shape index (κ2) is 7.90. The normalized spacial score (nSPS) is 17.2. The Hall–Kier alpha value is -2.81. The van der Waals surface area contributed by atoms with Crippen LogP contribution >= 0.6 is 0 Å². The first kappa shape index (κ1) is 20.9. The molecule has 0 radical (unpaired) electrons. The fraction of sp³-hybridized carbons (Fsp3) is 0.200. The molecule has 4 nitrogen and oxygen atoms in total. The number of rotatable bonds is 5. The van der Waals surface area contributed by atoms with E-state index >= 15 is 0 Å². The number of alkyl halides is 2. The number of halogens is 4. The van der Waals surface area contributed by atoms with Gasteiger partial charge in [-0.15, -0.1) is 0 Å². The van der Waals surface area contributed by atoms with Crippen molar-refractivity contribution in [3.63, 3.8) is 0 Å². The Morgan fingerprint density at radius 1 is 1.07 bits per heavy atom. The summed E-state index contributed by atoms with van der Waals surface area (Å²) in [5, 5.41) is 0. The molecular weight excluding hydrogens is 412 g/mol. The Bertz CT molecular complexity index is 1090. The molecule has 2 aromatic carbocycles. The fourth-order valence-electron chi connectivity index (χ4n) is 2.70. The molecule has 1 aliphatic heterocycles. The fourth-order valence-corrected chi connectivity index (χ4v) is 3.33. The minimum Gasteiger partial charge on any atom is -0.476 e. The third kappa shape index (κ3) is 4.61. The van der Waals surface area contributed by atoms with Gasteiger partial charge in [0.15, 0.2) is 39.0 Å². The molecule has 0 bridgehead atoms. The predicted octanol–water partition coefficient (Wildman–Crippen LogP) is 4.73. The van der Waals surface area contributed by atoms with Gasteiger partial charge in [0.25, 0.3) is 6.43 Å². The largest absolute Gasteiger partial charge is 0.476 e. The SMILES string of the molecule is CC1=CC(Oc2ccc(F)cc2F)=C(c2ccc(S(C)(=O)=O)cc2)OC1C(F)F. The third-order valence-electron chi connectivity index (χ3n) is 4.16. The zero-order valence-electron chi connectivity index (χ0n) is 15.3. The molecule has 1 heterocycles. The van der Waals surface area contributed by atoms with E-state index in [0.717, 1.165) is 18.4 Å². The van der Waals surface area contributed by atoms with Crippen molar-refractivity contribution in [3.8, 4) is 5.75 Å². The lowest BCUT2D eigenvalue weighted by Crippen LogP contribution is -2.27. The molecule has 9 heteroatoms. The third-order valence-corrected chi connectivity index (χ3v) is 5.29. The first-order chi connectivity index (χ1) is 13.6. The molecule has 29 heavy (non-hydrogen) atoms. The second-order valence-electron chi connectivity index (χ2n) is 6.43. The minimum absolute atomic E-state index is 0.0295. The standard InChI is InChI=1S/C20H16F4O4S/c1-11-9-17(27-16-8-5-13(21)10-15(16)22)19(28-18(11)20(23)24)12-3-6-14(7-4-12)29(2,25)26/h3-10,18,20H,1-2H3. The van der Waals surface area contributed by atoms with Gasteiger partial charge in [0.05, 0.1) is 4.90 Å². The maximum Gasteiger partial charge on any atom is 0.278 e. The smallest absolute Gasteiger partial charge is 0.278 e. The zero-order valence-corrected chi connectivity index (χ0v) is 16.1. The van der Waals surface area contributed by atoms with Crippen LogP contribution in [0.4, 0.5) is 17.6 Å². The van der Waals surface area contributed by atoms with Crippen molar-refractivity contribution >= 4 is 15.6 Å². The molecule has 1 unspecified atom stereocenters.